The summed E-state index contributed by atoms with van der Waals surface area (Å²) in [7, 11) is 0. The molecule has 2 heterocycles. The zero-order chi connectivity index (χ0) is 13.7. The van der Waals surface area contributed by atoms with Crippen molar-refractivity contribution in [2.24, 2.45) is 11.3 Å². The number of fused-ring (bicyclic) bond motifs is 2. The van der Waals surface area contributed by atoms with Gasteiger partial charge in [0, 0.05) is 19.1 Å². The van der Waals surface area contributed by atoms with Gasteiger partial charge in [0.2, 0.25) is 0 Å². The summed E-state index contributed by atoms with van der Waals surface area (Å²) in [5, 5.41) is 3.62. The lowest BCUT2D eigenvalue weighted by Gasteiger charge is -2.48. The van der Waals surface area contributed by atoms with Crippen LogP contribution in [-0.4, -0.2) is 42.3 Å². The Bertz CT molecular complexity index is 367. The molecule has 0 aromatic rings. The third-order valence-corrected chi connectivity index (χ3v) is 5.16. The summed E-state index contributed by atoms with van der Waals surface area (Å²) in [6.07, 6.45) is 4.86. The van der Waals surface area contributed by atoms with E-state index < -0.39 is 0 Å². The third-order valence-electron chi connectivity index (χ3n) is 5.16. The first-order chi connectivity index (χ1) is 8.90. The van der Waals surface area contributed by atoms with Crippen LogP contribution in [0.3, 0.4) is 0 Å². The van der Waals surface area contributed by atoms with Crippen LogP contribution in [0.1, 0.15) is 46.5 Å². The van der Waals surface area contributed by atoms with Crippen molar-refractivity contribution in [2.75, 3.05) is 19.6 Å². The summed E-state index contributed by atoms with van der Waals surface area (Å²) in [6, 6.07) is 0.730. The molecule has 4 heteroatoms. The second-order valence-electron chi connectivity index (χ2n) is 7.51. The van der Waals surface area contributed by atoms with E-state index in [2.05, 4.69) is 5.32 Å². The van der Waals surface area contributed by atoms with Crippen molar-refractivity contribution in [3.8, 4) is 0 Å². The minimum absolute atomic E-state index is 0.140. The lowest BCUT2D eigenvalue weighted by Crippen LogP contribution is -2.59. The number of carbonyl (C=O) groups is 1. The maximum absolute atomic E-state index is 12.1. The van der Waals surface area contributed by atoms with E-state index in [-0.39, 0.29) is 11.7 Å². The Morgan fingerprint density at radius 3 is 2.42 bits per heavy atom. The first-order valence-corrected chi connectivity index (χ1v) is 7.61. The Hall–Kier alpha value is -0.770. The highest BCUT2D eigenvalue weighted by molar-refractivity contribution is 5.68. The molecule has 2 aliphatic heterocycles. The number of likely N-dealkylation sites (tertiary alicyclic amines) is 1. The van der Waals surface area contributed by atoms with E-state index in [1.54, 1.807) is 0 Å². The zero-order valence-corrected chi connectivity index (χ0v) is 12.4. The highest BCUT2D eigenvalue weighted by atomic mass is 16.6. The van der Waals surface area contributed by atoms with Gasteiger partial charge in [-0.15, -0.1) is 0 Å². The van der Waals surface area contributed by atoms with Gasteiger partial charge in [0.1, 0.15) is 5.60 Å². The van der Waals surface area contributed by atoms with Gasteiger partial charge in [-0.1, -0.05) is 0 Å². The van der Waals surface area contributed by atoms with Gasteiger partial charge in [-0.05, 0) is 64.3 Å². The molecule has 1 aliphatic carbocycles. The van der Waals surface area contributed by atoms with Crippen LogP contribution >= 0.6 is 0 Å². The Morgan fingerprint density at radius 2 is 1.95 bits per heavy atom. The van der Waals surface area contributed by atoms with E-state index in [0.29, 0.717) is 5.41 Å². The van der Waals surface area contributed by atoms with Crippen LogP contribution in [0.2, 0.25) is 0 Å². The summed E-state index contributed by atoms with van der Waals surface area (Å²) in [4.78, 5) is 14.0. The molecule has 1 saturated carbocycles. The number of nitrogens with zero attached hydrogens (tertiary/aromatic N) is 1. The maximum Gasteiger partial charge on any atom is 0.410 e. The molecule has 0 aromatic carbocycles. The molecular weight excluding hydrogens is 240 g/mol. The van der Waals surface area contributed by atoms with Gasteiger partial charge < -0.3 is 15.0 Å². The van der Waals surface area contributed by atoms with E-state index in [0.717, 1.165) is 37.9 Å². The number of rotatable bonds is 0. The van der Waals surface area contributed by atoms with Crippen LogP contribution in [0.4, 0.5) is 4.79 Å². The van der Waals surface area contributed by atoms with E-state index in [1.807, 2.05) is 25.7 Å². The second kappa shape index (κ2) is 4.37. The van der Waals surface area contributed by atoms with Gasteiger partial charge in [0.25, 0.3) is 0 Å². The van der Waals surface area contributed by atoms with Crippen molar-refractivity contribution >= 4 is 6.09 Å². The van der Waals surface area contributed by atoms with Crippen LogP contribution in [0.5, 0.6) is 0 Å². The van der Waals surface area contributed by atoms with Crippen LogP contribution < -0.4 is 5.32 Å². The molecule has 1 amide bonds. The molecule has 1 N–H and O–H groups in total. The average Bonchev–Trinajstić information content (AvgIpc) is 2.48. The van der Waals surface area contributed by atoms with Crippen molar-refractivity contribution in [1.29, 1.82) is 0 Å². The monoisotopic (exact) mass is 266 g/mol. The Kier molecular flexibility index (Phi) is 3.04. The minimum atomic E-state index is -0.389. The summed E-state index contributed by atoms with van der Waals surface area (Å²) < 4.78 is 5.46. The summed E-state index contributed by atoms with van der Waals surface area (Å²) >= 11 is 0. The number of amides is 1. The van der Waals surface area contributed by atoms with E-state index in [4.69, 9.17) is 4.74 Å². The molecule has 0 radical (unpaired) electrons. The summed E-state index contributed by atoms with van der Waals surface area (Å²) in [5.41, 5.74) is 0.0849. The zero-order valence-electron chi connectivity index (χ0n) is 12.4. The fourth-order valence-electron chi connectivity index (χ4n) is 4.04. The Labute approximate surface area is 115 Å². The van der Waals surface area contributed by atoms with E-state index >= 15 is 0 Å². The molecule has 108 valence electrons. The molecule has 3 rings (SSSR count). The molecule has 0 aromatic heterocycles. The molecule has 1 spiro atoms. The van der Waals surface area contributed by atoms with Crippen LogP contribution in [-0.2, 0) is 4.74 Å². The number of ether oxygens (including phenoxy) is 1. The number of hydrogen-bond donors (Lipinski definition) is 1. The fourth-order valence-corrected chi connectivity index (χ4v) is 4.04. The van der Waals surface area contributed by atoms with Crippen molar-refractivity contribution in [3.05, 3.63) is 0 Å². The molecule has 2 saturated heterocycles. The smallest absolute Gasteiger partial charge is 0.410 e. The van der Waals surface area contributed by atoms with Gasteiger partial charge in [-0.3, -0.25) is 0 Å². The van der Waals surface area contributed by atoms with Crippen LogP contribution in [0.25, 0.3) is 0 Å². The van der Waals surface area contributed by atoms with Gasteiger partial charge in [-0.25, -0.2) is 4.79 Å². The van der Waals surface area contributed by atoms with Crippen molar-refractivity contribution < 1.29 is 9.53 Å². The first kappa shape index (κ1) is 13.2. The van der Waals surface area contributed by atoms with Gasteiger partial charge >= 0.3 is 6.09 Å². The minimum Gasteiger partial charge on any atom is -0.444 e. The summed E-state index contributed by atoms with van der Waals surface area (Å²) in [5.74, 6) is 0.910. The third kappa shape index (κ3) is 2.35. The SMILES string of the molecule is CC(C)(C)OC(=O)N1CCC2(CC[C@H]3CN[C@H]32)CC1. The average molecular weight is 266 g/mol. The van der Waals surface area contributed by atoms with Gasteiger partial charge in [0.05, 0.1) is 0 Å². The fraction of sp³-hybridized carbons (Fsp3) is 0.933. The number of piperidine rings is 1. The van der Waals surface area contributed by atoms with Gasteiger partial charge in [0.15, 0.2) is 0 Å². The predicted octanol–water partition coefficient (Wildman–Crippen LogP) is 2.39. The molecular formula is C15H26N2O2. The van der Waals surface area contributed by atoms with Crippen molar-refractivity contribution in [3.63, 3.8) is 0 Å². The second-order valence-corrected chi connectivity index (χ2v) is 7.51. The predicted molar refractivity (Wildman–Crippen MR) is 74.0 cm³/mol. The molecule has 4 nitrogen and oxygen atoms in total. The largest absolute Gasteiger partial charge is 0.444 e. The topological polar surface area (TPSA) is 41.6 Å². The highest BCUT2D eigenvalue weighted by Crippen LogP contribution is 2.51. The molecule has 19 heavy (non-hydrogen) atoms. The lowest BCUT2D eigenvalue weighted by atomic mass is 9.70. The normalized spacial score (nSPS) is 32.9. The van der Waals surface area contributed by atoms with E-state index in [9.17, 15) is 4.79 Å². The Balaban J connectivity index is 1.56. The molecule has 2 atom stereocenters. The highest BCUT2D eigenvalue weighted by Gasteiger charge is 2.53. The molecule has 0 unspecified atom stereocenters. The lowest BCUT2D eigenvalue weighted by molar-refractivity contribution is 0.00181. The van der Waals surface area contributed by atoms with Crippen LogP contribution in [0, 0.1) is 11.3 Å². The molecule has 0 bridgehead atoms. The van der Waals surface area contributed by atoms with E-state index in [1.165, 1.54) is 19.4 Å². The maximum atomic E-state index is 12.1. The first-order valence-electron chi connectivity index (χ1n) is 7.61. The number of carbonyl (C=O) groups excluding carboxylic acids is 1. The number of nitrogens with one attached hydrogen (secondary N) is 1. The standard InChI is InChI=1S/C15H26N2O2/c1-14(2,3)19-13(18)17-8-6-15(7-9-17)5-4-11-10-16-12(11)15/h11-12,16H,4-10H2,1-3H3/t11-,12+/m0/s1. The van der Waals surface area contributed by atoms with Crippen LogP contribution in [0.15, 0.2) is 0 Å². The molecule has 3 aliphatic rings. The molecule has 3 fully saturated rings. The quantitative estimate of drug-likeness (QED) is 0.732. The van der Waals surface area contributed by atoms with Crippen molar-refractivity contribution in [1.82, 2.24) is 10.2 Å². The van der Waals surface area contributed by atoms with Gasteiger partial charge in [-0.2, -0.15) is 0 Å². The van der Waals surface area contributed by atoms with Crippen molar-refractivity contribution in [2.45, 2.75) is 58.1 Å². The Morgan fingerprint density at radius 1 is 1.26 bits per heavy atom. The summed E-state index contributed by atoms with van der Waals surface area (Å²) in [6.45, 7) is 8.71. The number of hydrogen-bond acceptors (Lipinski definition) is 3.